The maximum absolute atomic E-state index is 8.81. The predicted molar refractivity (Wildman–Crippen MR) is 67.5 cm³/mol. The van der Waals surface area contributed by atoms with Crippen LogP contribution in [0.25, 0.3) is 0 Å². The molecular formula is C12H20N2O2. The van der Waals surface area contributed by atoms with Gasteiger partial charge in [-0.05, 0) is 31.5 Å². The lowest BCUT2D eigenvalue weighted by Crippen LogP contribution is -2.08. The van der Waals surface area contributed by atoms with E-state index in [0.29, 0.717) is 6.54 Å². The van der Waals surface area contributed by atoms with E-state index in [2.05, 4.69) is 10.6 Å². The molecule has 90 valence electrons. The Hall–Kier alpha value is -1.42. The van der Waals surface area contributed by atoms with Crippen molar-refractivity contribution in [3.8, 4) is 5.75 Å². The van der Waals surface area contributed by atoms with Crippen molar-refractivity contribution in [1.29, 1.82) is 0 Å². The molecule has 0 saturated carbocycles. The van der Waals surface area contributed by atoms with Gasteiger partial charge in [0.25, 0.3) is 0 Å². The second kappa shape index (κ2) is 6.23. The van der Waals surface area contributed by atoms with Gasteiger partial charge in [0, 0.05) is 13.1 Å². The van der Waals surface area contributed by atoms with E-state index in [1.54, 1.807) is 7.11 Å². The Morgan fingerprint density at radius 3 is 2.38 bits per heavy atom. The highest BCUT2D eigenvalue weighted by Crippen LogP contribution is 2.34. The molecule has 1 aromatic rings. The number of aryl methyl sites for hydroxylation is 1. The number of aliphatic hydroxyl groups is 1. The average molecular weight is 224 g/mol. The molecule has 0 heterocycles. The third-order valence-corrected chi connectivity index (χ3v) is 2.23. The Morgan fingerprint density at radius 2 is 1.88 bits per heavy atom. The molecule has 4 nitrogen and oxygen atoms in total. The van der Waals surface area contributed by atoms with E-state index in [1.165, 1.54) is 0 Å². The predicted octanol–water partition coefficient (Wildman–Crippen LogP) is 1.84. The summed E-state index contributed by atoms with van der Waals surface area (Å²) in [6.07, 6.45) is 0. The zero-order chi connectivity index (χ0) is 12.0. The molecule has 1 rings (SSSR count). The van der Waals surface area contributed by atoms with Crippen molar-refractivity contribution in [3.05, 3.63) is 17.7 Å². The number of aliphatic hydroxyl groups excluding tert-OH is 1. The molecule has 16 heavy (non-hydrogen) atoms. The molecule has 1 aromatic carbocycles. The van der Waals surface area contributed by atoms with Gasteiger partial charge in [0.2, 0.25) is 0 Å². The van der Waals surface area contributed by atoms with Gasteiger partial charge in [-0.1, -0.05) is 0 Å². The fraction of sp³-hybridized carbons (Fsp3) is 0.500. The first-order chi connectivity index (χ1) is 7.72. The highest BCUT2D eigenvalue weighted by molar-refractivity contribution is 5.72. The Balaban J connectivity index is 3.03. The lowest BCUT2D eigenvalue weighted by Gasteiger charge is -2.16. The highest BCUT2D eigenvalue weighted by Gasteiger charge is 2.09. The van der Waals surface area contributed by atoms with Gasteiger partial charge < -0.3 is 20.5 Å². The van der Waals surface area contributed by atoms with Crippen LogP contribution in [0.1, 0.15) is 12.5 Å². The number of ether oxygens (including phenoxy) is 1. The SMILES string of the molecule is CCNc1cc(C)cc(NCCO)c1OC. The summed E-state index contributed by atoms with van der Waals surface area (Å²) in [5.74, 6) is 0.793. The van der Waals surface area contributed by atoms with E-state index in [1.807, 2.05) is 26.0 Å². The second-order valence-corrected chi connectivity index (χ2v) is 3.57. The van der Waals surface area contributed by atoms with Crippen molar-refractivity contribution in [1.82, 2.24) is 0 Å². The van der Waals surface area contributed by atoms with Crippen LogP contribution in [0.5, 0.6) is 5.75 Å². The van der Waals surface area contributed by atoms with Crippen LogP contribution in [-0.4, -0.2) is 31.9 Å². The summed E-state index contributed by atoms with van der Waals surface area (Å²) in [6, 6.07) is 4.06. The Morgan fingerprint density at radius 1 is 1.25 bits per heavy atom. The van der Waals surface area contributed by atoms with Crippen molar-refractivity contribution < 1.29 is 9.84 Å². The number of hydrogen-bond donors (Lipinski definition) is 3. The molecule has 0 spiro atoms. The van der Waals surface area contributed by atoms with Gasteiger partial charge in [-0.15, -0.1) is 0 Å². The third-order valence-electron chi connectivity index (χ3n) is 2.23. The molecule has 0 unspecified atom stereocenters. The summed E-state index contributed by atoms with van der Waals surface area (Å²) in [6.45, 7) is 5.55. The molecule has 0 aliphatic carbocycles. The second-order valence-electron chi connectivity index (χ2n) is 3.57. The minimum absolute atomic E-state index is 0.105. The molecule has 0 amide bonds. The number of anilines is 2. The molecule has 4 heteroatoms. The van der Waals surface area contributed by atoms with Crippen LogP contribution in [0, 0.1) is 6.92 Å². The average Bonchev–Trinajstić information content (AvgIpc) is 2.26. The molecule has 0 atom stereocenters. The Bertz CT molecular complexity index is 340. The molecule has 0 aliphatic rings. The zero-order valence-electron chi connectivity index (χ0n) is 10.1. The molecule has 3 N–H and O–H groups in total. The van der Waals surface area contributed by atoms with Crippen LogP contribution in [0.2, 0.25) is 0 Å². The molecule has 0 aliphatic heterocycles. The van der Waals surface area contributed by atoms with E-state index < -0.39 is 0 Å². The maximum Gasteiger partial charge on any atom is 0.165 e. The van der Waals surface area contributed by atoms with Crippen LogP contribution < -0.4 is 15.4 Å². The van der Waals surface area contributed by atoms with E-state index >= 15 is 0 Å². The quantitative estimate of drug-likeness (QED) is 0.690. The van der Waals surface area contributed by atoms with Crippen LogP contribution in [0.4, 0.5) is 11.4 Å². The van der Waals surface area contributed by atoms with Crippen LogP contribution >= 0.6 is 0 Å². The summed E-state index contributed by atoms with van der Waals surface area (Å²) in [5, 5.41) is 15.2. The van der Waals surface area contributed by atoms with Gasteiger partial charge in [-0.3, -0.25) is 0 Å². The van der Waals surface area contributed by atoms with Gasteiger partial charge >= 0.3 is 0 Å². The molecule has 0 fully saturated rings. The van der Waals surface area contributed by atoms with Crippen molar-refractivity contribution in [2.45, 2.75) is 13.8 Å². The first-order valence-corrected chi connectivity index (χ1v) is 5.50. The van der Waals surface area contributed by atoms with Crippen LogP contribution in [0.3, 0.4) is 0 Å². The first kappa shape index (κ1) is 12.6. The highest BCUT2D eigenvalue weighted by atomic mass is 16.5. The molecule has 0 saturated heterocycles. The number of rotatable bonds is 6. The fourth-order valence-corrected chi connectivity index (χ4v) is 1.64. The molecular weight excluding hydrogens is 204 g/mol. The monoisotopic (exact) mass is 224 g/mol. The number of nitrogens with one attached hydrogen (secondary N) is 2. The van der Waals surface area contributed by atoms with E-state index in [-0.39, 0.29) is 6.61 Å². The van der Waals surface area contributed by atoms with Gasteiger partial charge in [0.1, 0.15) is 0 Å². The van der Waals surface area contributed by atoms with Crippen LogP contribution in [-0.2, 0) is 0 Å². The number of benzene rings is 1. The number of methoxy groups -OCH3 is 1. The summed E-state index contributed by atoms with van der Waals surface area (Å²) >= 11 is 0. The smallest absolute Gasteiger partial charge is 0.165 e. The van der Waals surface area contributed by atoms with Gasteiger partial charge in [0.05, 0.1) is 25.1 Å². The first-order valence-electron chi connectivity index (χ1n) is 5.50. The van der Waals surface area contributed by atoms with Gasteiger partial charge in [-0.25, -0.2) is 0 Å². The zero-order valence-corrected chi connectivity index (χ0v) is 10.1. The molecule has 0 aromatic heterocycles. The molecule has 0 radical (unpaired) electrons. The van der Waals surface area contributed by atoms with Crippen molar-refractivity contribution in [2.75, 3.05) is 37.4 Å². The number of hydrogen-bond acceptors (Lipinski definition) is 4. The van der Waals surface area contributed by atoms with E-state index in [4.69, 9.17) is 9.84 Å². The topological polar surface area (TPSA) is 53.5 Å². The standard InChI is InChI=1S/C12H20N2O2/c1-4-13-10-7-9(2)8-11(12(10)16-3)14-5-6-15/h7-8,13-15H,4-6H2,1-3H3. The lowest BCUT2D eigenvalue weighted by molar-refractivity contribution is 0.311. The summed E-state index contributed by atoms with van der Waals surface area (Å²) in [4.78, 5) is 0. The molecule has 0 bridgehead atoms. The van der Waals surface area contributed by atoms with Crippen molar-refractivity contribution in [3.63, 3.8) is 0 Å². The Kier molecular flexibility index (Phi) is 4.92. The summed E-state index contributed by atoms with van der Waals surface area (Å²) in [5.41, 5.74) is 3.04. The lowest BCUT2D eigenvalue weighted by atomic mass is 10.1. The fourth-order valence-electron chi connectivity index (χ4n) is 1.64. The third kappa shape index (κ3) is 3.03. The normalized spacial score (nSPS) is 10.0. The maximum atomic E-state index is 8.81. The van der Waals surface area contributed by atoms with Crippen molar-refractivity contribution >= 4 is 11.4 Å². The largest absolute Gasteiger partial charge is 0.492 e. The minimum atomic E-state index is 0.105. The van der Waals surface area contributed by atoms with Crippen LogP contribution in [0.15, 0.2) is 12.1 Å². The van der Waals surface area contributed by atoms with E-state index in [0.717, 1.165) is 29.2 Å². The van der Waals surface area contributed by atoms with Gasteiger partial charge in [0.15, 0.2) is 5.75 Å². The summed E-state index contributed by atoms with van der Waals surface area (Å²) < 4.78 is 5.37. The van der Waals surface area contributed by atoms with E-state index in [9.17, 15) is 0 Å². The van der Waals surface area contributed by atoms with Crippen molar-refractivity contribution in [2.24, 2.45) is 0 Å². The van der Waals surface area contributed by atoms with Gasteiger partial charge in [-0.2, -0.15) is 0 Å². The summed E-state index contributed by atoms with van der Waals surface area (Å²) in [7, 11) is 1.65. The minimum Gasteiger partial charge on any atom is -0.492 e. The Labute approximate surface area is 96.6 Å².